The van der Waals surface area contributed by atoms with Gasteiger partial charge in [-0.1, -0.05) is 67.8 Å². The number of aromatic hydroxyl groups is 1. The summed E-state index contributed by atoms with van der Waals surface area (Å²) in [6, 6.07) is -3.24. The number of nitrogens with two attached hydrogens (primary N) is 2. The van der Waals surface area contributed by atoms with E-state index in [1.54, 1.807) is 27.7 Å². The van der Waals surface area contributed by atoms with E-state index in [1.165, 1.54) is 24.3 Å². The van der Waals surface area contributed by atoms with Gasteiger partial charge in [0, 0.05) is 17.9 Å². The van der Waals surface area contributed by atoms with Gasteiger partial charge in [0.05, 0.1) is 25.6 Å². The van der Waals surface area contributed by atoms with Gasteiger partial charge in [0.15, 0.2) is 0 Å². The van der Waals surface area contributed by atoms with Crippen molar-refractivity contribution >= 4 is 80.7 Å². The molecule has 0 unspecified atom stereocenters. The molecule has 9 atom stereocenters. The maximum Gasteiger partial charge on any atom is 0.250 e. The van der Waals surface area contributed by atoms with Crippen molar-refractivity contribution in [2.24, 2.45) is 23.3 Å². The van der Waals surface area contributed by atoms with E-state index in [4.69, 9.17) is 11.5 Å². The molecule has 0 radical (unpaired) electrons. The standard InChI is InChI=1S/C39H60N10O13S2/c1-6-19(4)31-38(61)49-32(20(5)50)39(62)46-25(13-28(40)53)35(58)47-26(34(57)43-15-30(55)44-23(11-18(2)3)33(56)42-14-29(41)54)16-63-64-17-27(52)37(60)45-24(36(59)48-31)12-21-7-9-22(51)10-8-21/h7-10,18-20,23-27,31-32,50-52H,6,11-17H2,1-5H3,(H2,40,53)(H2,41,54)(H,42,56)(H,43,57)(H,44,55)(H,45,60)(H,46,62)(H,47,58)(H,48,59)(H,49,61)/t19-,20+,23-,24-,25-,26-,27+,31-,32-/m0/s1. The zero-order chi connectivity index (χ0) is 48.3. The van der Waals surface area contributed by atoms with Crippen molar-refractivity contribution in [3.63, 3.8) is 0 Å². The Bertz CT molecular complexity index is 1840. The number of aliphatic hydroxyl groups is 2. The van der Waals surface area contributed by atoms with Crippen molar-refractivity contribution in [2.75, 3.05) is 24.6 Å². The van der Waals surface area contributed by atoms with Crippen LogP contribution in [0, 0.1) is 11.8 Å². The quantitative estimate of drug-likeness (QED) is 0.0697. The van der Waals surface area contributed by atoms with Crippen LogP contribution in [-0.4, -0.2) is 147 Å². The molecule has 2 rings (SSSR count). The number of primary amides is 2. The molecule has 0 aliphatic carbocycles. The molecule has 1 aliphatic rings. The summed E-state index contributed by atoms with van der Waals surface area (Å²) >= 11 is 0. The average Bonchev–Trinajstić information content (AvgIpc) is 3.22. The van der Waals surface area contributed by atoms with E-state index in [2.05, 4.69) is 42.5 Å². The number of hydrogen-bond donors (Lipinski definition) is 13. The van der Waals surface area contributed by atoms with Crippen LogP contribution in [0.25, 0.3) is 0 Å². The first-order valence-corrected chi connectivity index (χ1v) is 22.8. The second-order valence-electron chi connectivity index (χ2n) is 15.6. The average molecular weight is 941 g/mol. The fourth-order valence-electron chi connectivity index (χ4n) is 5.92. The highest BCUT2D eigenvalue weighted by Crippen LogP contribution is 2.24. The highest BCUT2D eigenvalue weighted by molar-refractivity contribution is 8.76. The van der Waals surface area contributed by atoms with Gasteiger partial charge in [0.25, 0.3) is 0 Å². The molecule has 0 aromatic heterocycles. The predicted octanol–water partition coefficient (Wildman–Crippen LogP) is -4.33. The number of phenolic OH excluding ortho intramolecular Hbond substituents is 1. The summed E-state index contributed by atoms with van der Waals surface area (Å²) in [4.78, 5) is 131. The first-order valence-electron chi connectivity index (χ1n) is 20.3. The van der Waals surface area contributed by atoms with E-state index in [9.17, 15) is 63.3 Å². The second kappa shape index (κ2) is 26.8. The van der Waals surface area contributed by atoms with Gasteiger partial charge in [-0.3, -0.25) is 47.9 Å². The van der Waals surface area contributed by atoms with Gasteiger partial charge in [0.1, 0.15) is 48.1 Å². The molecule has 1 saturated heterocycles. The van der Waals surface area contributed by atoms with Crippen molar-refractivity contribution in [1.82, 2.24) is 42.5 Å². The Hall–Kier alpha value is -5.66. The highest BCUT2D eigenvalue weighted by atomic mass is 33.1. The summed E-state index contributed by atoms with van der Waals surface area (Å²) < 4.78 is 0. The maximum absolute atomic E-state index is 13.9. The zero-order valence-corrected chi connectivity index (χ0v) is 37.8. The van der Waals surface area contributed by atoms with Crippen molar-refractivity contribution in [1.29, 1.82) is 0 Å². The van der Waals surface area contributed by atoms with Crippen molar-refractivity contribution in [2.45, 2.75) is 109 Å². The molecule has 25 heteroatoms. The van der Waals surface area contributed by atoms with Gasteiger partial charge < -0.3 is 69.3 Å². The van der Waals surface area contributed by atoms with Gasteiger partial charge >= 0.3 is 0 Å². The van der Waals surface area contributed by atoms with Crippen LogP contribution < -0.4 is 54.0 Å². The van der Waals surface area contributed by atoms with Gasteiger partial charge in [-0.05, 0) is 42.9 Å². The third-order valence-corrected chi connectivity index (χ3v) is 12.0. The van der Waals surface area contributed by atoms with E-state index in [1.807, 2.05) is 0 Å². The predicted molar refractivity (Wildman–Crippen MR) is 234 cm³/mol. The number of aliphatic hydroxyl groups excluding tert-OH is 2. The lowest BCUT2D eigenvalue weighted by Crippen LogP contribution is -2.63. The third kappa shape index (κ3) is 19.0. The highest BCUT2D eigenvalue weighted by Gasteiger charge is 2.37. The molecular weight excluding hydrogens is 881 g/mol. The Labute approximate surface area is 377 Å². The van der Waals surface area contributed by atoms with Gasteiger partial charge in [-0.25, -0.2) is 0 Å². The van der Waals surface area contributed by atoms with Crippen LogP contribution >= 0.6 is 21.6 Å². The summed E-state index contributed by atoms with van der Waals surface area (Å²) in [6.45, 7) is 6.85. The number of carbonyl (C=O) groups is 10. The van der Waals surface area contributed by atoms with Crippen LogP contribution in [-0.2, 0) is 54.4 Å². The molecule has 0 bridgehead atoms. The number of rotatable bonds is 16. The number of nitrogens with one attached hydrogen (secondary N) is 8. The minimum Gasteiger partial charge on any atom is -0.508 e. The number of hydrogen-bond acceptors (Lipinski definition) is 15. The fourth-order valence-corrected chi connectivity index (χ4v) is 8.13. The Morgan fingerprint density at radius 2 is 1.33 bits per heavy atom. The SMILES string of the molecule is CC[C@H](C)[C@@H]1NC(=O)[C@H](Cc2ccc(O)cc2)NC(=O)[C@H](O)CSSC[C@@H](C(=O)NCC(=O)N[C@@H](CC(C)C)C(=O)NCC(N)=O)NC(=O)[C@H](CC(N)=O)NC(=O)[C@H]([C@@H](C)O)NC1=O. The molecule has 15 N–H and O–H groups in total. The van der Waals surface area contributed by atoms with Crippen LogP contribution in [0.3, 0.4) is 0 Å². The lowest BCUT2D eigenvalue weighted by molar-refractivity contribution is -0.138. The number of benzene rings is 1. The Kier molecular flexibility index (Phi) is 22.8. The van der Waals surface area contributed by atoms with E-state index < -0.39 is 133 Å². The van der Waals surface area contributed by atoms with Gasteiger partial charge in [-0.2, -0.15) is 0 Å². The molecule has 1 aliphatic heterocycles. The van der Waals surface area contributed by atoms with Crippen LogP contribution in [0.2, 0.25) is 0 Å². The summed E-state index contributed by atoms with van der Waals surface area (Å²) in [7, 11) is 1.77. The molecule has 64 heavy (non-hydrogen) atoms. The first kappa shape index (κ1) is 54.5. The number of phenols is 1. The Balaban J connectivity index is 2.50. The van der Waals surface area contributed by atoms with E-state index in [-0.39, 0.29) is 36.0 Å². The lowest BCUT2D eigenvalue weighted by atomic mass is 9.96. The minimum atomic E-state index is -1.78. The molecule has 0 spiro atoms. The Morgan fingerprint density at radius 1 is 0.750 bits per heavy atom. The van der Waals surface area contributed by atoms with Gasteiger partial charge in [0.2, 0.25) is 59.1 Å². The summed E-state index contributed by atoms with van der Waals surface area (Å²) in [5.74, 6) is -10.8. The van der Waals surface area contributed by atoms with Crippen LogP contribution in [0.5, 0.6) is 5.75 Å². The van der Waals surface area contributed by atoms with Gasteiger partial charge in [-0.15, -0.1) is 0 Å². The molecule has 1 aromatic carbocycles. The fraction of sp³-hybridized carbons (Fsp3) is 0.590. The van der Waals surface area contributed by atoms with E-state index in [0.29, 0.717) is 12.0 Å². The van der Waals surface area contributed by atoms with Crippen LogP contribution in [0.1, 0.15) is 59.4 Å². The normalized spacial score (nSPS) is 23.3. The topological polar surface area (TPSA) is 380 Å². The third-order valence-electron chi connectivity index (χ3n) is 9.60. The lowest BCUT2D eigenvalue weighted by Gasteiger charge is -2.30. The molecule has 0 saturated carbocycles. The summed E-state index contributed by atoms with van der Waals surface area (Å²) in [5.41, 5.74) is 11.0. The molecule has 1 heterocycles. The molecule has 23 nitrogen and oxygen atoms in total. The van der Waals surface area contributed by atoms with E-state index >= 15 is 0 Å². The molecule has 1 aromatic rings. The molecule has 10 amide bonds. The molecule has 1 fully saturated rings. The molecular formula is C39H60N10O13S2. The second-order valence-corrected chi connectivity index (χ2v) is 18.1. The minimum absolute atomic E-state index is 0.0646. The van der Waals surface area contributed by atoms with E-state index in [0.717, 1.165) is 28.5 Å². The first-order chi connectivity index (χ1) is 30.0. The monoisotopic (exact) mass is 940 g/mol. The van der Waals surface area contributed by atoms with Crippen LogP contribution in [0.4, 0.5) is 0 Å². The largest absolute Gasteiger partial charge is 0.508 e. The smallest absolute Gasteiger partial charge is 0.250 e. The number of carbonyl (C=O) groups excluding carboxylic acids is 10. The van der Waals surface area contributed by atoms with Crippen molar-refractivity contribution < 1.29 is 63.3 Å². The summed E-state index contributed by atoms with van der Waals surface area (Å²) in [6.07, 6.45) is -3.86. The van der Waals surface area contributed by atoms with Crippen molar-refractivity contribution in [3.8, 4) is 5.75 Å². The number of amides is 10. The van der Waals surface area contributed by atoms with Crippen LogP contribution in [0.15, 0.2) is 24.3 Å². The summed E-state index contributed by atoms with van der Waals surface area (Å²) in [5, 5.41) is 50.5. The van der Waals surface area contributed by atoms with Crippen molar-refractivity contribution in [3.05, 3.63) is 29.8 Å². The maximum atomic E-state index is 13.9. The zero-order valence-electron chi connectivity index (χ0n) is 36.1. The molecule has 356 valence electrons. The Morgan fingerprint density at radius 3 is 1.91 bits per heavy atom.